The molecule has 0 saturated heterocycles. The van der Waals surface area contributed by atoms with E-state index in [1.54, 1.807) is 18.2 Å². The summed E-state index contributed by atoms with van der Waals surface area (Å²) in [6, 6.07) is 8.96. The van der Waals surface area contributed by atoms with Crippen LogP contribution in [0.5, 0.6) is 0 Å². The molecule has 2 aromatic rings. The zero-order valence-electron chi connectivity index (χ0n) is 10.6. The normalized spacial score (nSPS) is 11.9. The maximum atomic E-state index is 12.9. The number of nitrogens with one attached hydrogen (secondary N) is 1. The predicted molar refractivity (Wildman–Crippen MR) is 74.6 cm³/mol. The van der Waals surface area contributed by atoms with Gasteiger partial charge < -0.3 is 10.4 Å². The number of pyridine rings is 1. The van der Waals surface area contributed by atoms with Crippen LogP contribution in [0.1, 0.15) is 29.0 Å². The highest BCUT2D eigenvalue weighted by Gasteiger charge is 2.13. The van der Waals surface area contributed by atoms with Gasteiger partial charge in [0.2, 0.25) is 0 Å². The molecule has 2 N–H and O–H groups in total. The fourth-order valence-electron chi connectivity index (χ4n) is 1.73. The van der Waals surface area contributed by atoms with E-state index in [9.17, 15) is 9.18 Å². The minimum Gasteiger partial charge on any atom is -0.476 e. The van der Waals surface area contributed by atoms with Gasteiger partial charge >= 0.3 is 5.97 Å². The summed E-state index contributed by atoms with van der Waals surface area (Å²) in [6.07, 6.45) is 0. The van der Waals surface area contributed by atoms with Crippen molar-refractivity contribution in [3.63, 3.8) is 0 Å². The van der Waals surface area contributed by atoms with Gasteiger partial charge in [0.15, 0.2) is 5.69 Å². The smallest absolute Gasteiger partial charge is 0.356 e. The number of aromatic nitrogens is 1. The van der Waals surface area contributed by atoms with Crippen LogP contribution >= 0.6 is 11.6 Å². The first kappa shape index (κ1) is 14.3. The number of hydrogen-bond acceptors (Lipinski definition) is 3. The Kier molecular flexibility index (Phi) is 4.20. The molecule has 6 heteroatoms. The Morgan fingerprint density at radius 1 is 1.30 bits per heavy atom. The van der Waals surface area contributed by atoms with Crippen molar-refractivity contribution in [2.75, 3.05) is 5.32 Å². The van der Waals surface area contributed by atoms with E-state index in [1.165, 1.54) is 18.2 Å². The van der Waals surface area contributed by atoms with Crippen molar-refractivity contribution in [1.29, 1.82) is 0 Å². The summed E-state index contributed by atoms with van der Waals surface area (Å²) >= 11 is 5.75. The molecule has 0 spiro atoms. The molecule has 0 saturated carbocycles. The number of hydrogen-bond donors (Lipinski definition) is 2. The Hall–Kier alpha value is -2.14. The van der Waals surface area contributed by atoms with Gasteiger partial charge in [0.1, 0.15) is 11.6 Å². The lowest BCUT2D eigenvalue weighted by molar-refractivity contribution is 0.0691. The van der Waals surface area contributed by atoms with E-state index < -0.39 is 5.97 Å². The average Bonchev–Trinajstić information content (AvgIpc) is 2.41. The number of halogens is 2. The van der Waals surface area contributed by atoms with Crippen molar-refractivity contribution in [3.05, 3.63) is 58.5 Å². The van der Waals surface area contributed by atoms with Gasteiger partial charge in [-0.15, -0.1) is 0 Å². The largest absolute Gasteiger partial charge is 0.476 e. The number of carboxylic acid groups (broad SMARTS) is 1. The minimum absolute atomic E-state index is 0.0810. The molecule has 104 valence electrons. The number of anilines is 1. The molecule has 2 rings (SSSR count). The van der Waals surface area contributed by atoms with Crippen molar-refractivity contribution in [2.24, 2.45) is 0 Å². The quantitative estimate of drug-likeness (QED) is 0.901. The van der Waals surface area contributed by atoms with Crippen LogP contribution in [-0.2, 0) is 0 Å². The average molecular weight is 295 g/mol. The van der Waals surface area contributed by atoms with Crippen molar-refractivity contribution in [2.45, 2.75) is 13.0 Å². The van der Waals surface area contributed by atoms with Crippen LogP contribution in [0.25, 0.3) is 0 Å². The fraction of sp³-hybridized carbons (Fsp3) is 0.143. The molecule has 0 aliphatic heterocycles. The number of benzene rings is 1. The summed E-state index contributed by atoms with van der Waals surface area (Å²) in [5.74, 6) is -1.10. The Bertz CT molecular complexity index is 632. The summed E-state index contributed by atoms with van der Waals surface area (Å²) < 4.78 is 12.9. The number of rotatable bonds is 4. The summed E-state index contributed by atoms with van der Waals surface area (Å²) in [7, 11) is 0. The van der Waals surface area contributed by atoms with Crippen molar-refractivity contribution < 1.29 is 14.3 Å². The summed E-state index contributed by atoms with van der Waals surface area (Å²) in [6.45, 7) is 1.87. The molecule has 0 fully saturated rings. The molecule has 0 bridgehead atoms. The van der Waals surface area contributed by atoms with Gasteiger partial charge in [-0.3, -0.25) is 0 Å². The Morgan fingerprint density at radius 2 is 1.95 bits per heavy atom. The fourth-order valence-corrected chi connectivity index (χ4v) is 1.92. The predicted octanol–water partition coefficient (Wildman–Crippen LogP) is 3.75. The molecule has 1 unspecified atom stereocenters. The van der Waals surface area contributed by atoms with E-state index in [0.29, 0.717) is 5.82 Å². The molecule has 1 aromatic heterocycles. The van der Waals surface area contributed by atoms with Gasteiger partial charge in [-0.2, -0.15) is 0 Å². The van der Waals surface area contributed by atoms with Crippen LogP contribution in [0.15, 0.2) is 36.4 Å². The molecule has 1 atom stereocenters. The SMILES string of the molecule is CC(Nc1ccc(Cl)c(C(=O)O)n1)c1ccc(F)cc1. The van der Waals surface area contributed by atoms with E-state index in [2.05, 4.69) is 10.3 Å². The first-order valence-corrected chi connectivity index (χ1v) is 6.27. The molecule has 0 amide bonds. The monoisotopic (exact) mass is 294 g/mol. The first-order valence-electron chi connectivity index (χ1n) is 5.89. The van der Waals surface area contributed by atoms with Gasteiger partial charge in [0, 0.05) is 6.04 Å². The van der Waals surface area contributed by atoms with E-state index in [0.717, 1.165) is 5.56 Å². The lowest BCUT2D eigenvalue weighted by atomic mass is 10.1. The van der Waals surface area contributed by atoms with Crippen LogP contribution in [-0.4, -0.2) is 16.1 Å². The molecule has 1 heterocycles. The molecule has 4 nitrogen and oxygen atoms in total. The van der Waals surface area contributed by atoms with Crippen molar-refractivity contribution in [1.82, 2.24) is 4.98 Å². The van der Waals surface area contributed by atoms with Crippen LogP contribution in [0.4, 0.5) is 10.2 Å². The molecular formula is C14H12ClFN2O2. The van der Waals surface area contributed by atoms with Crippen LogP contribution in [0.2, 0.25) is 5.02 Å². The second-order valence-corrected chi connectivity index (χ2v) is 4.66. The summed E-state index contributed by atoms with van der Waals surface area (Å²) in [5, 5.41) is 12.1. The van der Waals surface area contributed by atoms with Crippen LogP contribution in [0.3, 0.4) is 0 Å². The van der Waals surface area contributed by atoms with Crippen molar-refractivity contribution >= 4 is 23.4 Å². The van der Waals surface area contributed by atoms with E-state index in [4.69, 9.17) is 16.7 Å². The van der Waals surface area contributed by atoms with E-state index >= 15 is 0 Å². The first-order chi connectivity index (χ1) is 9.47. The standard InChI is InChI=1S/C14H12ClFN2O2/c1-8(9-2-4-10(16)5-3-9)17-12-7-6-11(15)13(18-12)14(19)20/h2-8H,1H3,(H,17,18)(H,19,20). The highest BCUT2D eigenvalue weighted by molar-refractivity contribution is 6.33. The van der Waals surface area contributed by atoms with Gasteiger partial charge in [-0.05, 0) is 36.8 Å². The van der Waals surface area contributed by atoms with Gasteiger partial charge in [-0.25, -0.2) is 14.2 Å². The van der Waals surface area contributed by atoms with Crippen LogP contribution in [0, 0.1) is 5.82 Å². The summed E-state index contributed by atoms with van der Waals surface area (Å²) in [4.78, 5) is 14.9. The maximum absolute atomic E-state index is 12.9. The third-order valence-electron chi connectivity index (χ3n) is 2.78. The molecule has 1 aromatic carbocycles. The number of aromatic carboxylic acids is 1. The number of nitrogens with zero attached hydrogens (tertiary/aromatic N) is 1. The van der Waals surface area contributed by atoms with Crippen LogP contribution < -0.4 is 5.32 Å². The number of carbonyl (C=O) groups is 1. The Morgan fingerprint density at radius 3 is 2.55 bits per heavy atom. The lowest BCUT2D eigenvalue weighted by Crippen LogP contribution is -2.10. The molecule has 20 heavy (non-hydrogen) atoms. The molecule has 0 aliphatic carbocycles. The second kappa shape index (κ2) is 5.88. The zero-order valence-corrected chi connectivity index (χ0v) is 11.4. The topological polar surface area (TPSA) is 62.2 Å². The highest BCUT2D eigenvalue weighted by atomic mass is 35.5. The third-order valence-corrected chi connectivity index (χ3v) is 3.09. The van der Waals surface area contributed by atoms with Crippen molar-refractivity contribution in [3.8, 4) is 0 Å². The second-order valence-electron chi connectivity index (χ2n) is 4.25. The molecule has 0 aliphatic rings. The van der Waals surface area contributed by atoms with E-state index in [1.807, 2.05) is 6.92 Å². The molecule has 0 radical (unpaired) electrons. The minimum atomic E-state index is -1.19. The van der Waals surface area contributed by atoms with Gasteiger partial charge in [0.05, 0.1) is 5.02 Å². The maximum Gasteiger partial charge on any atom is 0.356 e. The molecular weight excluding hydrogens is 283 g/mol. The van der Waals surface area contributed by atoms with Gasteiger partial charge in [0.25, 0.3) is 0 Å². The number of carboxylic acids is 1. The van der Waals surface area contributed by atoms with Gasteiger partial charge in [-0.1, -0.05) is 23.7 Å². The summed E-state index contributed by atoms with van der Waals surface area (Å²) in [5.41, 5.74) is 0.656. The Labute approximate surface area is 120 Å². The third kappa shape index (κ3) is 3.24. The Balaban J connectivity index is 2.19. The lowest BCUT2D eigenvalue weighted by Gasteiger charge is -2.15. The van der Waals surface area contributed by atoms with E-state index in [-0.39, 0.29) is 22.6 Å². The highest BCUT2D eigenvalue weighted by Crippen LogP contribution is 2.21. The zero-order chi connectivity index (χ0) is 14.7.